The van der Waals surface area contributed by atoms with Gasteiger partial charge in [0.2, 0.25) is 0 Å². The highest BCUT2D eigenvalue weighted by Gasteiger charge is 2.22. The average molecular weight is 296 g/mol. The standard InChI is InChI=1S/C18H24N4/c1-4-15-7-6-10-22(12-15)18-13(2)14(3)20-17(21-18)16-8-5-9-19-11-16/h5,8-9,11,15H,4,6-7,10,12H2,1-3H3. The lowest BCUT2D eigenvalue weighted by Crippen LogP contribution is -2.36. The summed E-state index contributed by atoms with van der Waals surface area (Å²) >= 11 is 0. The molecule has 2 aromatic rings. The van der Waals surface area contributed by atoms with Crippen LogP contribution in [0.25, 0.3) is 11.4 Å². The Morgan fingerprint density at radius 1 is 1.27 bits per heavy atom. The first-order valence-corrected chi connectivity index (χ1v) is 8.19. The molecule has 1 fully saturated rings. The van der Waals surface area contributed by atoms with Gasteiger partial charge in [0.1, 0.15) is 5.82 Å². The Bertz CT molecular complexity index is 639. The fourth-order valence-electron chi connectivity index (χ4n) is 3.14. The lowest BCUT2D eigenvalue weighted by Gasteiger charge is -2.34. The third-order valence-corrected chi connectivity index (χ3v) is 4.68. The van der Waals surface area contributed by atoms with E-state index in [1.165, 1.54) is 24.8 Å². The molecule has 0 aliphatic carbocycles. The fraction of sp³-hybridized carbons (Fsp3) is 0.500. The second-order valence-electron chi connectivity index (χ2n) is 6.19. The summed E-state index contributed by atoms with van der Waals surface area (Å²) in [6.45, 7) is 8.70. The minimum Gasteiger partial charge on any atom is -0.356 e. The van der Waals surface area contributed by atoms with Crippen LogP contribution >= 0.6 is 0 Å². The van der Waals surface area contributed by atoms with E-state index in [1.807, 2.05) is 18.3 Å². The highest BCUT2D eigenvalue weighted by molar-refractivity contribution is 5.59. The Balaban J connectivity index is 1.98. The number of anilines is 1. The number of hydrogen-bond acceptors (Lipinski definition) is 4. The SMILES string of the molecule is CCC1CCCN(c2nc(-c3cccnc3)nc(C)c2C)C1. The van der Waals surface area contributed by atoms with E-state index in [4.69, 9.17) is 4.98 Å². The van der Waals surface area contributed by atoms with Gasteiger partial charge in [-0.1, -0.05) is 13.3 Å². The molecule has 0 aromatic carbocycles. The molecule has 0 amide bonds. The van der Waals surface area contributed by atoms with Gasteiger partial charge < -0.3 is 4.90 Å². The van der Waals surface area contributed by atoms with Gasteiger partial charge in [-0.05, 0) is 44.7 Å². The van der Waals surface area contributed by atoms with Crippen molar-refractivity contribution >= 4 is 5.82 Å². The normalized spacial score (nSPS) is 18.5. The van der Waals surface area contributed by atoms with Crippen LogP contribution in [0.2, 0.25) is 0 Å². The van der Waals surface area contributed by atoms with E-state index in [2.05, 4.69) is 35.6 Å². The second-order valence-corrected chi connectivity index (χ2v) is 6.19. The molecule has 116 valence electrons. The molecule has 22 heavy (non-hydrogen) atoms. The topological polar surface area (TPSA) is 41.9 Å². The van der Waals surface area contributed by atoms with Crippen molar-refractivity contribution in [1.29, 1.82) is 0 Å². The number of nitrogens with zero attached hydrogens (tertiary/aromatic N) is 4. The zero-order valence-corrected chi connectivity index (χ0v) is 13.7. The maximum atomic E-state index is 4.87. The van der Waals surface area contributed by atoms with Gasteiger partial charge in [0, 0.05) is 42.3 Å². The van der Waals surface area contributed by atoms with Gasteiger partial charge in [-0.3, -0.25) is 4.98 Å². The Hall–Kier alpha value is -1.97. The molecule has 4 heteroatoms. The van der Waals surface area contributed by atoms with Gasteiger partial charge in [0.25, 0.3) is 0 Å². The smallest absolute Gasteiger partial charge is 0.163 e. The molecular formula is C18H24N4. The molecule has 0 spiro atoms. The van der Waals surface area contributed by atoms with Crippen molar-refractivity contribution in [3.05, 3.63) is 35.8 Å². The third kappa shape index (κ3) is 2.96. The number of aromatic nitrogens is 3. The van der Waals surface area contributed by atoms with Crippen LogP contribution in [0.1, 0.15) is 37.4 Å². The molecule has 2 aromatic heterocycles. The van der Waals surface area contributed by atoms with Crippen LogP contribution < -0.4 is 4.90 Å². The summed E-state index contributed by atoms with van der Waals surface area (Å²) in [5, 5.41) is 0. The number of aryl methyl sites for hydroxylation is 1. The number of rotatable bonds is 3. The summed E-state index contributed by atoms with van der Waals surface area (Å²) in [4.78, 5) is 16.2. The van der Waals surface area contributed by atoms with E-state index in [0.29, 0.717) is 0 Å². The molecular weight excluding hydrogens is 272 g/mol. The molecule has 1 saturated heterocycles. The molecule has 3 rings (SSSR count). The largest absolute Gasteiger partial charge is 0.356 e. The highest BCUT2D eigenvalue weighted by atomic mass is 15.2. The summed E-state index contributed by atoms with van der Waals surface area (Å²) in [6.07, 6.45) is 7.45. The molecule has 0 radical (unpaired) electrons. The average Bonchev–Trinajstić information content (AvgIpc) is 2.58. The summed E-state index contributed by atoms with van der Waals surface area (Å²) in [6, 6.07) is 3.95. The van der Waals surface area contributed by atoms with Gasteiger partial charge >= 0.3 is 0 Å². The van der Waals surface area contributed by atoms with Crippen LogP contribution in [-0.4, -0.2) is 28.0 Å². The van der Waals surface area contributed by atoms with Crippen LogP contribution in [0.3, 0.4) is 0 Å². The van der Waals surface area contributed by atoms with Gasteiger partial charge in [-0.15, -0.1) is 0 Å². The maximum Gasteiger partial charge on any atom is 0.163 e. The number of pyridine rings is 1. The molecule has 1 aliphatic heterocycles. The van der Waals surface area contributed by atoms with Gasteiger partial charge in [-0.25, -0.2) is 9.97 Å². The van der Waals surface area contributed by atoms with E-state index < -0.39 is 0 Å². The summed E-state index contributed by atoms with van der Waals surface area (Å²) < 4.78 is 0. The van der Waals surface area contributed by atoms with Crippen LogP contribution in [0, 0.1) is 19.8 Å². The first-order valence-electron chi connectivity index (χ1n) is 8.19. The molecule has 0 bridgehead atoms. The number of hydrogen-bond donors (Lipinski definition) is 0. The van der Waals surface area contributed by atoms with Crippen LogP contribution in [0.4, 0.5) is 5.82 Å². The van der Waals surface area contributed by atoms with Crippen molar-refractivity contribution in [3.8, 4) is 11.4 Å². The number of piperidine rings is 1. The van der Waals surface area contributed by atoms with E-state index >= 15 is 0 Å². The second kappa shape index (κ2) is 6.42. The quantitative estimate of drug-likeness (QED) is 0.864. The molecule has 1 atom stereocenters. The van der Waals surface area contributed by atoms with Crippen molar-refractivity contribution in [1.82, 2.24) is 15.0 Å². The van der Waals surface area contributed by atoms with Crippen molar-refractivity contribution in [2.75, 3.05) is 18.0 Å². The Labute approximate surface area is 132 Å². The lowest BCUT2D eigenvalue weighted by molar-refractivity contribution is 0.402. The zero-order chi connectivity index (χ0) is 15.5. The van der Waals surface area contributed by atoms with Gasteiger partial charge in [0.15, 0.2) is 5.82 Å². The van der Waals surface area contributed by atoms with E-state index in [-0.39, 0.29) is 0 Å². The first-order chi connectivity index (χ1) is 10.7. The fourth-order valence-corrected chi connectivity index (χ4v) is 3.14. The minimum atomic E-state index is 0.782. The van der Waals surface area contributed by atoms with Crippen molar-refractivity contribution < 1.29 is 0 Å². The van der Waals surface area contributed by atoms with Gasteiger partial charge in [-0.2, -0.15) is 0 Å². The molecule has 3 heterocycles. The van der Waals surface area contributed by atoms with E-state index in [9.17, 15) is 0 Å². The van der Waals surface area contributed by atoms with Crippen molar-refractivity contribution in [2.24, 2.45) is 5.92 Å². The van der Waals surface area contributed by atoms with Gasteiger partial charge in [0.05, 0.1) is 0 Å². The zero-order valence-electron chi connectivity index (χ0n) is 13.7. The molecule has 1 aliphatic rings. The minimum absolute atomic E-state index is 0.782. The predicted molar refractivity (Wildman–Crippen MR) is 90.0 cm³/mol. The lowest BCUT2D eigenvalue weighted by atomic mass is 9.95. The molecule has 1 unspecified atom stereocenters. The van der Waals surface area contributed by atoms with Crippen molar-refractivity contribution in [3.63, 3.8) is 0 Å². The maximum absolute atomic E-state index is 4.87. The molecule has 4 nitrogen and oxygen atoms in total. The van der Waals surface area contributed by atoms with Crippen LogP contribution in [0.15, 0.2) is 24.5 Å². The summed E-state index contributed by atoms with van der Waals surface area (Å²) in [5.74, 6) is 2.67. The first kappa shape index (κ1) is 14.9. The van der Waals surface area contributed by atoms with Crippen LogP contribution in [-0.2, 0) is 0 Å². The molecule has 0 saturated carbocycles. The predicted octanol–water partition coefficient (Wildman–Crippen LogP) is 3.78. The van der Waals surface area contributed by atoms with Crippen molar-refractivity contribution in [2.45, 2.75) is 40.0 Å². The van der Waals surface area contributed by atoms with E-state index in [1.54, 1.807) is 6.20 Å². The van der Waals surface area contributed by atoms with Crippen LogP contribution in [0.5, 0.6) is 0 Å². The summed E-state index contributed by atoms with van der Waals surface area (Å²) in [7, 11) is 0. The van der Waals surface area contributed by atoms with E-state index in [0.717, 1.165) is 41.9 Å². The molecule has 0 N–H and O–H groups in total. The Morgan fingerprint density at radius 3 is 2.86 bits per heavy atom. The summed E-state index contributed by atoms with van der Waals surface area (Å²) in [5.41, 5.74) is 3.24. The third-order valence-electron chi connectivity index (χ3n) is 4.68. The monoisotopic (exact) mass is 296 g/mol. The Morgan fingerprint density at radius 2 is 2.14 bits per heavy atom. The Kier molecular flexibility index (Phi) is 4.36. The highest BCUT2D eigenvalue weighted by Crippen LogP contribution is 2.28.